The smallest absolute Gasteiger partial charge is 0.120 e. The number of aromatic nitrogens is 2. The van der Waals surface area contributed by atoms with Crippen LogP contribution in [-0.2, 0) is 6.54 Å². The zero-order valence-corrected chi connectivity index (χ0v) is 14.4. The molecule has 4 rings (SSSR count). The van der Waals surface area contributed by atoms with Crippen LogP contribution in [-0.4, -0.2) is 35.3 Å². The normalized spacial score (nSPS) is 19.9. The molecule has 2 aliphatic rings. The molecule has 1 aromatic carbocycles. The predicted octanol–water partition coefficient (Wildman–Crippen LogP) is 3.80. The number of likely N-dealkylation sites (tertiary alicyclic amines) is 1. The summed E-state index contributed by atoms with van der Waals surface area (Å²) in [4.78, 5) is 2.54. The van der Waals surface area contributed by atoms with Crippen LogP contribution in [0, 0.1) is 0 Å². The standard InChI is InChI=1S/C18H23N3OS/c1-22-16-4-2-3-13(11-16)12-21-9-7-15(8-10-21)18-20-19-17(23-18)14-5-6-14/h2-4,11,14-15H,5-10,12H2,1H3. The lowest BCUT2D eigenvalue weighted by Crippen LogP contribution is -2.32. The average molecular weight is 329 g/mol. The fourth-order valence-electron chi connectivity index (χ4n) is 3.27. The summed E-state index contributed by atoms with van der Waals surface area (Å²) in [7, 11) is 1.72. The molecule has 0 spiro atoms. The number of piperidine rings is 1. The molecule has 0 amide bonds. The Hall–Kier alpha value is -1.46. The van der Waals surface area contributed by atoms with Crippen LogP contribution in [0.25, 0.3) is 0 Å². The van der Waals surface area contributed by atoms with Gasteiger partial charge in [-0.2, -0.15) is 0 Å². The predicted molar refractivity (Wildman–Crippen MR) is 92.1 cm³/mol. The summed E-state index contributed by atoms with van der Waals surface area (Å²) in [6.45, 7) is 3.29. The van der Waals surface area contributed by atoms with E-state index in [4.69, 9.17) is 4.74 Å². The van der Waals surface area contributed by atoms with Gasteiger partial charge in [-0.3, -0.25) is 4.90 Å². The molecule has 0 unspecified atom stereocenters. The van der Waals surface area contributed by atoms with Crippen LogP contribution in [0.5, 0.6) is 5.75 Å². The van der Waals surface area contributed by atoms with E-state index in [-0.39, 0.29) is 0 Å². The summed E-state index contributed by atoms with van der Waals surface area (Å²) in [6.07, 6.45) is 5.02. The summed E-state index contributed by atoms with van der Waals surface area (Å²) in [6, 6.07) is 8.39. The first kappa shape index (κ1) is 15.1. The number of ether oxygens (including phenoxy) is 1. The molecule has 4 nitrogen and oxygen atoms in total. The van der Waals surface area contributed by atoms with Crippen molar-refractivity contribution in [2.45, 2.75) is 44.1 Å². The average Bonchev–Trinajstić information content (AvgIpc) is 3.33. The van der Waals surface area contributed by atoms with Crippen LogP contribution in [0.15, 0.2) is 24.3 Å². The minimum absolute atomic E-state index is 0.613. The van der Waals surface area contributed by atoms with Crippen LogP contribution >= 0.6 is 11.3 Å². The van der Waals surface area contributed by atoms with Gasteiger partial charge in [0.25, 0.3) is 0 Å². The first-order valence-corrected chi connectivity index (χ1v) is 9.32. The molecule has 1 aliphatic carbocycles. The molecule has 2 heterocycles. The Bertz CT molecular complexity index is 660. The molecule has 1 aromatic heterocycles. The van der Waals surface area contributed by atoms with Crippen molar-refractivity contribution in [2.75, 3.05) is 20.2 Å². The molecule has 0 N–H and O–H groups in total. The highest BCUT2D eigenvalue weighted by Gasteiger charge is 2.30. The van der Waals surface area contributed by atoms with Gasteiger partial charge in [-0.1, -0.05) is 12.1 Å². The van der Waals surface area contributed by atoms with Gasteiger partial charge in [-0.15, -0.1) is 21.5 Å². The summed E-state index contributed by atoms with van der Waals surface area (Å²) in [5.74, 6) is 2.29. The third kappa shape index (κ3) is 3.56. The van der Waals surface area contributed by atoms with Gasteiger partial charge in [0.1, 0.15) is 15.8 Å². The van der Waals surface area contributed by atoms with Crippen molar-refractivity contribution in [2.24, 2.45) is 0 Å². The number of hydrogen-bond donors (Lipinski definition) is 0. The van der Waals surface area contributed by atoms with Crippen LogP contribution in [0.4, 0.5) is 0 Å². The first-order valence-electron chi connectivity index (χ1n) is 8.50. The van der Waals surface area contributed by atoms with Gasteiger partial charge in [-0.05, 0) is 56.5 Å². The van der Waals surface area contributed by atoms with E-state index >= 15 is 0 Å². The summed E-state index contributed by atoms with van der Waals surface area (Å²) < 4.78 is 5.31. The lowest BCUT2D eigenvalue weighted by Gasteiger charge is -2.30. The van der Waals surface area contributed by atoms with E-state index in [9.17, 15) is 0 Å². The second kappa shape index (κ2) is 6.57. The van der Waals surface area contributed by atoms with Gasteiger partial charge < -0.3 is 4.74 Å². The molecular formula is C18H23N3OS. The van der Waals surface area contributed by atoms with Crippen molar-refractivity contribution in [1.82, 2.24) is 15.1 Å². The number of methoxy groups -OCH3 is 1. The maximum Gasteiger partial charge on any atom is 0.120 e. The Balaban J connectivity index is 1.33. The number of benzene rings is 1. The fourth-order valence-corrected chi connectivity index (χ4v) is 4.46. The molecule has 5 heteroatoms. The molecule has 0 radical (unpaired) electrons. The Morgan fingerprint density at radius 3 is 2.43 bits per heavy atom. The summed E-state index contributed by atoms with van der Waals surface area (Å²) in [5, 5.41) is 11.4. The zero-order valence-electron chi connectivity index (χ0n) is 13.6. The van der Waals surface area contributed by atoms with Crippen molar-refractivity contribution in [3.63, 3.8) is 0 Å². The van der Waals surface area contributed by atoms with Gasteiger partial charge >= 0.3 is 0 Å². The van der Waals surface area contributed by atoms with Crippen LogP contribution in [0.3, 0.4) is 0 Å². The highest BCUT2D eigenvalue weighted by atomic mass is 32.1. The minimum atomic E-state index is 0.613. The van der Waals surface area contributed by atoms with Crippen LogP contribution in [0.2, 0.25) is 0 Å². The maximum atomic E-state index is 5.31. The number of nitrogens with zero attached hydrogens (tertiary/aromatic N) is 3. The van der Waals surface area contributed by atoms with E-state index < -0.39 is 0 Å². The third-order valence-electron chi connectivity index (χ3n) is 4.86. The van der Waals surface area contributed by atoms with E-state index in [1.165, 1.54) is 41.3 Å². The first-order chi connectivity index (χ1) is 11.3. The largest absolute Gasteiger partial charge is 0.497 e. The topological polar surface area (TPSA) is 38.2 Å². The van der Waals surface area contributed by atoms with E-state index in [0.29, 0.717) is 5.92 Å². The third-order valence-corrected chi connectivity index (χ3v) is 6.11. The van der Waals surface area contributed by atoms with Crippen LogP contribution < -0.4 is 4.74 Å². The van der Waals surface area contributed by atoms with Gasteiger partial charge in [0, 0.05) is 18.4 Å². The molecule has 1 saturated heterocycles. The monoisotopic (exact) mass is 329 g/mol. The summed E-state index contributed by atoms with van der Waals surface area (Å²) in [5.41, 5.74) is 1.33. The highest BCUT2D eigenvalue weighted by Crippen LogP contribution is 2.43. The Kier molecular flexibility index (Phi) is 4.31. The molecule has 1 saturated carbocycles. The molecule has 23 heavy (non-hydrogen) atoms. The summed E-state index contributed by atoms with van der Waals surface area (Å²) >= 11 is 1.86. The molecule has 1 aliphatic heterocycles. The fraction of sp³-hybridized carbons (Fsp3) is 0.556. The van der Waals surface area contributed by atoms with Crippen molar-refractivity contribution in [3.05, 3.63) is 39.8 Å². The molecule has 122 valence electrons. The lowest BCUT2D eigenvalue weighted by atomic mass is 9.97. The van der Waals surface area contributed by atoms with Crippen LogP contribution in [0.1, 0.15) is 53.1 Å². The molecule has 0 atom stereocenters. The van der Waals surface area contributed by atoms with Crippen molar-refractivity contribution in [3.8, 4) is 5.75 Å². The zero-order chi connectivity index (χ0) is 15.6. The number of hydrogen-bond acceptors (Lipinski definition) is 5. The Morgan fingerprint density at radius 2 is 1.78 bits per heavy atom. The maximum absolute atomic E-state index is 5.31. The van der Waals surface area contributed by atoms with Gasteiger partial charge in [0.05, 0.1) is 7.11 Å². The highest BCUT2D eigenvalue weighted by molar-refractivity contribution is 7.11. The van der Waals surface area contributed by atoms with Crippen molar-refractivity contribution >= 4 is 11.3 Å². The number of rotatable bonds is 5. The molecule has 2 fully saturated rings. The Morgan fingerprint density at radius 1 is 1.09 bits per heavy atom. The molecule has 2 aromatic rings. The van der Waals surface area contributed by atoms with Gasteiger partial charge in [0.2, 0.25) is 0 Å². The quantitative estimate of drug-likeness (QED) is 0.836. The van der Waals surface area contributed by atoms with Gasteiger partial charge in [-0.25, -0.2) is 0 Å². The molecule has 0 bridgehead atoms. The SMILES string of the molecule is COc1cccc(CN2CCC(c3nnc(C4CC4)s3)CC2)c1. The molecular weight excluding hydrogens is 306 g/mol. The van der Waals surface area contributed by atoms with Gasteiger partial charge in [0.15, 0.2) is 0 Å². The second-order valence-electron chi connectivity index (χ2n) is 6.65. The minimum Gasteiger partial charge on any atom is -0.497 e. The van der Waals surface area contributed by atoms with E-state index in [1.54, 1.807) is 7.11 Å². The van der Waals surface area contributed by atoms with E-state index in [0.717, 1.165) is 31.3 Å². The Labute approximate surface area is 141 Å². The van der Waals surface area contributed by atoms with Crippen molar-refractivity contribution in [1.29, 1.82) is 0 Å². The second-order valence-corrected chi connectivity index (χ2v) is 7.70. The van der Waals surface area contributed by atoms with E-state index in [2.05, 4.69) is 33.3 Å². The van der Waals surface area contributed by atoms with Crippen molar-refractivity contribution < 1.29 is 4.74 Å². The van der Waals surface area contributed by atoms with E-state index in [1.807, 2.05) is 17.4 Å². The lowest BCUT2D eigenvalue weighted by molar-refractivity contribution is 0.204.